The van der Waals surface area contributed by atoms with Crippen molar-refractivity contribution in [3.8, 4) is 0 Å². The Morgan fingerprint density at radius 2 is 1.56 bits per heavy atom. The fourth-order valence-electron chi connectivity index (χ4n) is 5.62. The van der Waals surface area contributed by atoms with Crippen molar-refractivity contribution in [1.82, 2.24) is 10.0 Å². The van der Waals surface area contributed by atoms with E-state index < -0.39 is 52.5 Å². The maximum atomic E-state index is 13.7. The SMILES string of the molecule is O=C(CN(C(=O)c1ccccc1[N+](=O)[O-])N1C(=O)[C@@H]2[C@H]3C[C@@H]([C@H](Br)[C@@H]3Br)[C@@H]2C1=O)c1ccc(Cl)cc1. The van der Waals surface area contributed by atoms with Gasteiger partial charge in [-0.3, -0.25) is 29.3 Å². The lowest BCUT2D eigenvalue weighted by molar-refractivity contribution is -0.385. The largest absolute Gasteiger partial charge is 0.292 e. The number of hydrogen-bond donors (Lipinski definition) is 0. The Balaban J connectivity index is 1.55. The summed E-state index contributed by atoms with van der Waals surface area (Å²) in [6.45, 7) is -0.658. The number of ketones is 1. The molecular formula is C24H18Br2ClN3O6. The van der Waals surface area contributed by atoms with Crippen LogP contribution in [0.5, 0.6) is 0 Å². The number of rotatable bonds is 6. The highest BCUT2D eigenvalue weighted by atomic mass is 79.9. The Bertz CT molecular complexity index is 1270. The van der Waals surface area contributed by atoms with Crippen LogP contribution in [-0.4, -0.2) is 54.6 Å². The second-order valence-electron chi connectivity index (χ2n) is 9.06. The van der Waals surface area contributed by atoms with E-state index >= 15 is 0 Å². The van der Waals surface area contributed by atoms with E-state index in [0.29, 0.717) is 11.4 Å². The lowest BCUT2D eigenvalue weighted by atomic mass is 9.81. The van der Waals surface area contributed by atoms with E-state index in [2.05, 4.69) is 31.9 Å². The molecule has 9 nitrogen and oxygen atoms in total. The fourth-order valence-corrected chi connectivity index (χ4v) is 7.62. The van der Waals surface area contributed by atoms with Gasteiger partial charge in [0.25, 0.3) is 23.4 Å². The van der Waals surface area contributed by atoms with Crippen LogP contribution in [0.25, 0.3) is 0 Å². The normalized spacial score (nSPS) is 28.4. The standard InChI is InChI=1S/C24H18Br2ClN3O6/c25-20-14-9-15(21(20)26)19-18(14)23(33)29(24(19)34)28(10-17(31)11-5-7-12(27)8-6-11)22(32)13-3-1-2-4-16(13)30(35)36/h1-8,14-15,18-21H,9-10H2/t14-,15-,18-,19+,20-,21+/m1/s1. The number of imide groups is 1. The summed E-state index contributed by atoms with van der Waals surface area (Å²) in [5, 5.41) is 13.5. The molecule has 0 radical (unpaired) electrons. The number of amides is 3. The number of Topliss-reactive ketones (excluding diaryl/α,β-unsaturated/α-hetero) is 1. The number of carbonyl (C=O) groups is 4. The van der Waals surface area contributed by atoms with Crippen LogP contribution in [0.1, 0.15) is 27.1 Å². The Hall–Kier alpha value is -2.63. The molecule has 2 saturated carbocycles. The Kier molecular flexibility index (Phi) is 6.50. The predicted molar refractivity (Wildman–Crippen MR) is 136 cm³/mol. The van der Waals surface area contributed by atoms with Gasteiger partial charge in [0.05, 0.1) is 16.8 Å². The highest BCUT2D eigenvalue weighted by molar-refractivity contribution is 9.12. The first-order chi connectivity index (χ1) is 17.1. The van der Waals surface area contributed by atoms with E-state index in [1.165, 1.54) is 42.5 Å². The number of nitrogens with zero attached hydrogens (tertiary/aromatic N) is 3. The van der Waals surface area contributed by atoms with Gasteiger partial charge in [-0.05, 0) is 48.6 Å². The van der Waals surface area contributed by atoms with Gasteiger partial charge in [0.2, 0.25) is 0 Å². The van der Waals surface area contributed by atoms with Crippen LogP contribution in [0.3, 0.4) is 0 Å². The molecule has 6 atom stereocenters. The first kappa shape index (κ1) is 25.0. The summed E-state index contributed by atoms with van der Waals surface area (Å²) in [6.07, 6.45) is 0.689. The number of halogens is 3. The molecule has 0 unspecified atom stereocenters. The number of hydrogen-bond acceptors (Lipinski definition) is 6. The highest BCUT2D eigenvalue weighted by Crippen LogP contribution is 2.60. The number of carbonyl (C=O) groups excluding carboxylic acids is 4. The molecule has 2 aromatic rings. The van der Waals surface area contributed by atoms with Crippen molar-refractivity contribution in [2.24, 2.45) is 23.7 Å². The van der Waals surface area contributed by atoms with Crippen LogP contribution >= 0.6 is 43.5 Å². The molecule has 1 heterocycles. The summed E-state index contributed by atoms with van der Waals surface area (Å²) >= 11 is 13.1. The Labute approximate surface area is 227 Å². The molecular weight excluding hydrogens is 622 g/mol. The number of para-hydroxylation sites is 1. The maximum absolute atomic E-state index is 13.7. The first-order valence-corrected chi connectivity index (χ1v) is 13.3. The van der Waals surface area contributed by atoms with E-state index in [9.17, 15) is 29.3 Å². The fraction of sp³-hybridized carbons (Fsp3) is 0.333. The van der Waals surface area contributed by atoms with Crippen LogP contribution < -0.4 is 0 Å². The van der Waals surface area contributed by atoms with Crippen molar-refractivity contribution in [3.05, 3.63) is 74.8 Å². The molecule has 2 aromatic carbocycles. The topological polar surface area (TPSA) is 118 Å². The third kappa shape index (κ3) is 3.88. The molecule has 1 aliphatic heterocycles. The van der Waals surface area contributed by atoms with Crippen LogP contribution in [0, 0.1) is 33.8 Å². The van der Waals surface area contributed by atoms with Crippen molar-refractivity contribution >= 4 is 72.7 Å². The molecule has 2 bridgehead atoms. The quantitative estimate of drug-likeness (QED) is 0.153. The van der Waals surface area contributed by atoms with Gasteiger partial charge in [0.15, 0.2) is 5.78 Å². The average Bonchev–Trinajstić information content (AvgIpc) is 3.47. The maximum Gasteiger partial charge on any atom is 0.282 e. The van der Waals surface area contributed by atoms with Crippen molar-refractivity contribution in [2.45, 2.75) is 16.1 Å². The van der Waals surface area contributed by atoms with E-state index in [4.69, 9.17) is 11.6 Å². The molecule has 186 valence electrons. The predicted octanol–water partition coefficient (Wildman–Crippen LogP) is 4.27. The third-order valence-corrected chi connectivity index (χ3v) is 10.7. The van der Waals surface area contributed by atoms with Gasteiger partial charge in [-0.15, -0.1) is 0 Å². The molecule has 5 rings (SSSR count). The molecule has 0 spiro atoms. The minimum absolute atomic E-state index is 0.0180. The summed E-state index contributed by atoms with van der Waals surface area (Å²) in [7, 11) is 0. The van der Waals surface area contributed by atoms with Gasteiger partial charge in [-0.2, -0.15) is 5.01 Å². The number of nitro groups is 1. The summed E-state index contributed by atoms with van der Waals surface area (Å²) in [5.41, 5.74) is -0.615. The van der Waals surface area contributed by atoms with E-state index in [0.717, 1.165) is 16.1 Å². The second-order valence-corrected chi connectivity index (χ2v) is 11.6. The number of hydrazine groups is 1. The Morgan fingerprint density at radius 1 is 1.00 bits per heavy atom. The summed E-state index contributed by atoms with van der Waals surface area (Å²) in [4.78, 5) is 64.9. The zero-order valence-electron chi connectivity index (χ0n) is 18.4. The highest BCUT2D eigenvalue weighted by Gasteiger charge is 2.67. The lowest BCUT2D eigenvalue weighted by Gasteiger charge is -2.30. The summed E-state index contributed by atoms with van der Waals surface area (Å²) in [6, 6.07) is 11.2. The van der Waals surface area contributed by atoms with E-state index in [1.807, 2.05) is 0 Å². The number of benzene rings is 2. The van der Waals surface area contributed by atoms with Gasteiger partial charge < -0.3 is 0 Å². The zero-order chi connectivity index (χ0) is 25.9. The van der Waals surface area contributed by atoms with Gasteiger partial charge in [-0.1, -0.05) is 55.6 Å². The number of fused-ring (bicyclic) bond motifs is 5. The smallest absolute Gasteiger partial charge is 0.282 e. The molecule has 0 aromatic heterocycles. The van der Waals surface area contributed by atoms with Gasteiger partial charge >= 0.3 is 0 Å². The van der Waals surface area contributed by atoms with Crippen molar-refractivity contribution in [3.63, 3.8) is 0 Å². The monoisotopic (exact) mass is 637 g/mol. The molecule has 3 amide bonds. The minimum atomic E-state index is -0.982. The molecule has 12 heteroatoms. The summed E-state index contributed by atoms with van der Waals surface area (Å²) < 4.78 is 0. The number of nitro benzene ring substituents is 1. The van der Waals surface area contributed by atoms with Crippen molar-refractivity contribution in [1.29, 1.82) is 0 Å². The lowest BCUT2D eigenvalue weighted by Crippen LogP contribution is -2.52. The molecule has 2 aliphatic carbocycles. The van der Waals surface area contributed by atoms with Crippen LogP contribution in [-0.2, 0) is 9.59 Å². The molecule has 0 N–H and O–H groups in total. The summed E-state index contributed by atoms with van der Waals surface area (Å²) in [5.74, 6) is -4.17. The molecule has 1 saturated heterocycles. The molecule has 3 aliphatic rings. The third-order valence-electron chi connectivity index (χ3n) is 7.23. The van der Waals surface area contributed by atoms with Crippen LogP contribution in [0.2, 0.25) is 5.02 Å². The second kappa shape index (κ2) is 9.35. The van der Waals surface area contributed by atoms with E-state index in [1.54, 1.807) is 0 Å². The van der Waals surface area contributed by atoms with Crippen LogP contribution in [0.15, 0.2) is 48.5 Å². The van der Waals surface area contributed by atoms with Crippen molar-refractivity contribution in [2.75, 3.05) is 6.54 Å². The minimum Gasteiger partial charge on any atom is -0.292 e. The first-order valence-electron chi connectivity index (χ1n) is 11.1. The molecule has 3 fully saturated rings. The van der Waals surface area contributed by atoms with Crippen LogP contribution in [0.4, 0.5) is 5.69 Å². The number of alkyl halides is 2. The van der Waals surface area contributed by atoms with E-state index in [-0.39, 0.29) is 32.6 Å². The van der Waals surface area contributed by atoms with Gasteiger partial charge in [-0.25, -0.2) is 5.01 Å². The Morgan fingerprint density at radius 3 is 2.11 bits per heavy atom. The van der Waals surface area contributed by atoms with Gasteiger partial charge in [0.1, 0.15) is 12.1 Å². The average molecular weight is 640 g/mol. The molecule has 36 heavy (non-hydrogen) atoms. The van der Waals surface area contributed by atoms with Gasteiger partial charge in [0, 0.05) is 26.3 Å². The zero-order valence-corrected chi connectivity index (χ0v) is 22.4. The van der Waals surface area contributed by atoms with Crippen molar-refractivity contribution < 1.29 is 24.1 Å².